The van der Waals surface area contributed by atoms with Crippen LogP contribution in [-0.2, 0) is 14.8 Å². The van der Waals surface area contributed by atoms with Crippen LogP contribution >= 0.6 is 0 Å². The first-order valence-electron chi connectivity index (χ1n) is 5.58. The number of benzene rings is 1. The van der Waals surface area contributed by atoms with Gasteiger partial charge in [-0.15, -0.1) is 0 Å². The first-order valence-corrected chi connectivity index (χ1v) is 7.02. The number of allylic oxidation sites excluding steroid dienone is 1. The van der Waals surface area contributed by atoms with Crippen molar-refractivity contribution in [2.75, 3.05) is 7.05 Å². The summed E-state index contributed by atoms with van der Waals surface area (Å²) in [4.78, 5) is 10.6. The van der Waals surface area contributed by atoms with Crippen molar-refractivity contribution in [1.29, 1.82) is 0 Å². The van der Waals surface area contributed by atoms with Gasteiger partial charge in [0.2, 0.25) is 0 Å². The maximum atomic E-state index is 12.2. The Kier molecular flexibility index (Phi) is 3.23. The number of hydrogen-bond acceptors (Lipinski definition) is 4. The van der Waals surface area contributed by atoms with E-state index in [9.17, 15) is 18.3 Å². The van der Waals surface area contributed by atoms with E-state index >= 15 is 0 Å². The van der Waals surface area contributed by atoms with Gasteiger partial charge in [0.25, 0.3) is 10.0 Å². The Balaban J connectivity index is 2.57. The fourth-order valence-electron chi connectivity index (χ4n) is 1.99. The highest BCUT2D eigenvalue weighted by molar-refractivity contribution is 7.89. The molecule has 0 unspecified atom stereocenters. The second-order valence-electron chi connectivity index (χ2n) is 4.16. The summed E-state index contributed by atoms with van der Waals surface area (Å²) in [5, 5.41) is 18.8. The van der Waals surface area contributed by atoms with Gasteiger partial charge in [0.1, 0.15) is 5.76 Å². The van der Waals surface area contributed by atoms with Crippen molar-refractivity contribution in [2.24, 2.45) is 0 Å². The minimum atomic E-state index is -3.73. The van der Waals surface area contributed by atoms with Crippen molar-refractivity contribution >= 4 is 21.8 Å². The zero-order valence-corrected chi connectivity index (χ0v) is 11.0. The fourth-order valence-corrected chi connectivity index (χ4v) is 3.44. The SMILES string of the molecule is CN1C(CCC(=O)O)=C(O)c2ccccc2S1(=O)=O. The number of rotatable bonds is 3. The molecule has 1 aromatic carbocycles. The molecule has 6 nitrogen and oxygen atoms in total. The van der Waals surface area contributed by atoms with Gasteiger partial charge in [-0.1, -0.05) is 12.1 Å². The third-order valence-electron chi connectivity index (χ3n) is 3.01. The molecule has 0 aliphatic carbocycles. The monoisotopic (exact) mass is 283 g/mol. The van der Waals surface area contributed by atoms with Gasteiger partial charge in [-0.25, -0.2) is 8.42 Å². The van der Waals surface area contributed by atoms with Gasteiger partial charge in [-0.3, -0.25) is 9.10 Å². The molecule has 0 saturated heterocycles. The summed E-state index contributed by atoms with van der Waals surface area (Å²) in [7, 11) is -2.42. The minimum absolute atomic E-state index is 0.0223. The molecule has 102 valence electrons. The predicted octanol–water partition coefficient (Wildman–Crippen LogP) is 1.41. The van der Waals surface area contributed by atoms with Crippen LogP contribution in [0.15, 0.2) is 34.9 Å². The Morgan fingerprint density at radius 2 is 1.95 bits per heavy atom. The Hall–Kier alpha value is -2.02. The highest BCUT2D eigenvalue weighted by atomic mass is 32.2. The van der Waals surface area contributed by atoms with E-state index in [2.05, 4.69) is 0 Å². The number of nitrogens with zero attached hydrogens (tertiary/aromatic N) is 1. The van der Waals surface area contributed by atoms with E-state index in [1.165, 1.54) is 19.2 Å². The third-order valence-corrected chi connectivity index (χ3v) is 4.86. The van der Waals surface area contributed by atoms with Crippen LogP contribution < -0.4 is 0 Å². The standard InChI is InChI=1S/C12H13NO5S/c1-13-9(6-7-11(14)15)12(16)8-4-2-3-5-10(8)19(13,17)18/h2-5,16H,6-7H2,1H3,(H,14,15). The molecule has 1 aliphatic rings. The summed E-state index contributed by atoms with van der Waals surface area (Å²) in [5.41, 5.74) is 0.307. The Bertz CT molecular complexity index is 662. The van der Waals surface area contributed by atoms with E-state index < -0.39 is 16.0 Å². The topological polar surface area (TPSA) is 94.9 Å². The van der Waals surface area contributed by atoms with Crippen LogP contribution in [0.4, 0.5) is 0 Å². The second kappa shape index (κ2) is 4.58. The van der Waals surface area contributed by atoms with Crippen molar-refractivity contribution in [3.05, 3.63) is 35.5 Å². The Morgan fingerprint density at radius 3 is 2.58 bits per heavy atom. The molecule has 1 heterocycles. The van der Waals surface area contributed by atoms with Gasteiger partial charge in [0.05, 0.1) is 17.0 Å². The summed E-state index contributed by atoms with van der Waals surface area (Å²) in [6.45, 7) is 0. The van der Waals surface area contributed by atoms with Crippen LogP contribution in [0.2, 0.25) is 0 Å². The molecular formula is C12H13NO5S. The van der Waals surface area contributed by atoms with Gasteiger partial charge in [-0.2, -0.15) is 0 Å². The number of aliphatic carboxylic acids is 1. The average molecular weight is 283 g/mol. The van der Waals surface area contributed by atoms with Crippen molar-refractivity contribution in [1.82, 2.24) is 4.31 Å². The molecule has 0 spiro atoms. The van der Waals surface area contributed by atoms with Crippen LogP contribution in [0, 0.1) is 0 Å². The molecule has 7 heteroatoms. The van der Waals surface area contributed by atoms with E-state index in [0.717, 1.165) is 4.31 Å². The number of fused-ring (bicyclic) bond motifs is 1. The maximum absolute atomic E-state index is 12.2. The van der Waals surface area contributed by atoms with Crippen LogP contribution in [0.1, 0.15) is 18.4 Å². The molecule has 0 aromatic heterocycles. The molecule has 2 rings (SSSR count). The molecule has 1 aromatic rings. The van der Waals surface area contributed by atoms with E-state index in [0.29, 0.717) is 0 Å². The van der Waals surface area contributed by atoms with Crippen molar-refractivity contribution < 1.29 is 23.4 Å². The lowest BCUT2D eigenvalue weighted by molar-refractivity contribution is -0.137. The first kappa shape index (κ1) is 13.4. The molecule has 1 aliphatic heterocycles. The van der Waals surface area contributed by atoms with Crippen LogP contribution in [0.5, 0.6) is 0 Å². The van der Waals surface area contributed by atoms with Gasteiger partial charge >= 0.3 is 5.97 Å². The molecule has 0 saturated carbocycles. The number of carbonyl (C=O) groups is 1. The summed E-state index contributed by atoms with van der Waals surface area (Å²) >= 11 is 0. The average Bonchev–Trinajstić information content (AvgIpc) is 2.36. The van der Waals surface area contributed by atoms with E-state index in [-0.39, 0.29) is 34.8 Å². The Morgan fingerprint density at radius 1 is 1.32 bits per heavy atom. The zero-order valence-electron chi connectivity index (χ0n) is 10.2. The molecule has 0 bridgehead atoms. The largest absolute Gasteiger partial charge is 0.505 e. The molecule has 19 heavy (non-hydrogen) atoms. The summed E-state index contributed by atoms with van der Waals surface area (Å²) in [6, 6.07) is 6.09. The quantitative estimate of drug-likeness (QED) is 0.874. The first-order chi connectivity index (χ1) is 8.85. The number of carboxylic acids is 1. The highest BCUT2D eigenvalue weighted by Gasteiger charge is 2.34. The lowest BCUT2D eigenvalue weighted by Crippen LogP contribution is -2.31. The predicted molar refractivity (Wildman–Crippen MR) is 67.8 cm³/mol. The number of sulfonamides is 1. The molecule has 0 amide bonds. The smallest absolute Gasteiger partial charge is 0.303 e. The minimum Gasteiger partial charge on any atom is -0.505 e. The molecular weight excluding hydrogens is 270 g/mol. The van der Waals surface area contributed by atoms with E-state index in [4.69, 9.17) is 5.11 Å². The summed E-state index contributed by atoms with van der Waals surface area (Å²) in [6.07, 6.45) is -0.299. The second-order valence-corrected chi connectivity index (χ2v) is 6.10. The van der Waals surface area contributed by atoms with Crippen LogP contribution in [-0.4, -0.2) is 36.0 Å². The fraction of sp³-hybridized carbons (Fsp3) is 0.250. The molecule has 0 fully saturated rings. The lowest BCUT2D eigenvalue weighted by atomic mass is 10.1. The van der Waals surface area contributed by atoms with Crippen molar-refractivity contribution in [3.63, 3.8) is 0 Å². The number of carboxylic acid groups (broad SMARTS) is 1. The summed E-state index contributed by atoms with van der Waals surface area (Å²) < 4.78 is 25.4. The Labute approximate surface area is 110 Å². The molecule has 0 atom stereocenters. The number of hydrogen-bond donors (Lipinski definition) is 2. The zero-order chi connectivity index (χ0) is 14.2. The van der Waals surface area contributed by atoms with Gasteiger partial charge in [0.15, 0.2) is 0 Å². The van der Waals surface area contributed by atoms with Gasteiger partial charge < -0.3 is 10.2 Å². The summed E-state index contributed by atoms with van der Waals surface area (Å²) in [5.74, 6) is -1.24. The maximum Gasteiger partial charge on any atom is 0.303 e. The normalized spacial score (nSPS) is 17.2. The van der Waals surface area contributed by atoms with Gasteiger partial charge in [0, 0.05) is 19.0 Å². The highest BCUT2D eigenvalue weighted by Crippen LogP contribution is 2.35. The van der Waals surface area contributed by atoms with Gasteiger partial charge in [-0.05, 0) is 12.1 Å². The molecule has 0 radical (unpaired) electrons. The van der Waals surface area contributed by atoms with Crippen molar-refractivity contribution in [3.8, 4) is 0 Å². The number of aliphatic hydroxyl groups is 1. The number of aliphatic hydroxyl groups excluding tert-OH is 1. The van der Waals surface area contributed by atoms with Crippen LogP contribution in [0.25, 0.3) is 5.76 Å². The third kappa shape index (κ3) is 2.17. The van der Waals surface area contributed by atoms with E-state index in [1.807, 2.05) is 0 Å². The van der Waals surface area contributed by atoms with E-state index in [1.54, 1.807) is 12.1 Å². The molecule has 2 N–H and O–H groups in total. The van der Waals surface area contributed by atoms with Crippen molar-refractivity contribution in [2.45, 2.75) is 17.7 Å². The lowest BCUT2D eigenvalue weighted by Gasteiger charge is -2.29. The van der Waals surface area contributed by atoms with Crippen LogP contribution in [0.3, 0.4) is 0 Å².